The smallest absolute Gasteiger partial charge is 0.267 e. The molecule has 0 aromatic carbocycles. The fourth-order valence-corrected chi connectivity index (χ4v) is 1.11. The summed E-state index contributed by atoms with van der Waals surface area (Å²) in [4.78, 5) is 11.6. The van der Waals surface area contributed by atoms with Crippen LogP contribution >= 0.6 is 0 Å². The first kappa shape index (κ1) is 11.7. The van der Waals surface area contributed by atoms with Gasteiger partial charge in [0.15, 0.2) is 0 Å². The van der Waals surface area contributed by atoms with Gasteiger partial charge in [0, 0.05) is 19.8 Å². The van der Waals surface area contributed by atoms with Crippen LogP contribution in [0.15, 0.2) is 18.3 Å². The molecule has 1 aromatic heterocycles. The first-order valence-electron chi connectivity index (χ1n) is 4.69. The zero-order valence-electron chi connectivity index (χ0n) is 8.90. The standard InChI is InChI=1S/C10H16N2O3/c1-10(15,7-13)6-11-9(14)8-4-3-5-12(8)2/h3-5,13,15H,6-7H2,1-2H3,(H,11,14). The van der Waals surface area contributed by atoms with Crippen LogP contribution in [0, 0.1) is 0 Å². The number of carbonyl (C=O) groups excluding carboxylic acids is 1. The summed E-state index contributed by atoms with van der Waals surface area (Å²) in [6.07, 6.45) is 1.76. The van der Waals surface area contributed by atoms with E-state index in [9.17, 15) is 9.90 Å². The van der Waals surface area contributed by atoms with Gasteiger partial charge in [-0.2, -0.15) is 0 Å². The number of aryl methyl sites for hydroxylation is 1. The van der Waals surface area contributed by atoms with Crippen LogP contribution in [0.1, 0.15) is 17.4 Å². The molecule has 0 spiro atoms. The number of amides is 1. The van der Waals surface area contributed by atoms with Crippen LogP contribution in [-0.4, -0.2) is 39.4 Å². The normalized spacial score (nSPS) is 14.7. The highest BCUT2D eigenvalue weighted by molar-refractivity contribution is 5.92. The Balaban J connectivity index is 2.55. The predicted molar refractivity (Wildman–Crippen MR) is 55.5 cm³/mol. The van der Waals surface area contributed by atoms with E-state index in [1.54, 1.807) is 29.9 Å². The first-order chi connectivity index (χ1) is 6.96. The molecule has 1 heterocycles. The molecule has 5 nitrogen and oxygen atoms in total. The van der Waals surface area contributed by atoms with Crippen LogP contribution in [-0.2, 0) is 7.05 Å². The number of aliphatic hydroxyl groups is 2. The van der Waals surface area contributed by atoms with Crippen molar-refractivity contribution >= 4 is 5.91 Å². The number of hydrogen-bond acceptors (Lipinski definition) is 3. The number of nitrogens with one attached hydrogen (secondary N) is 1. The van der Waals surface area contributed by atoms with Crippen molar-refractivity contribution in [3.05, 3.63) is 24.0 Å². The lowest BCUT2D eigenvalue weighted by atomic mass is 10.1. The van der Waals surface area contributed by atoms with E-state index < -0.39 is 5.60 Å². The average molecular weight is 212 g/mol. The van der Waals surface area contributed by atoms with Gasteiger partial charge in [-0.25, -0.2) is 0 Å². The van der Waals surface area contributed by atoms with E-state index in [1.165, 1.54) is 6.92 Å². The summed E-state index contributed by atoms with van der Waals surface area (Å²) in [6, 6.07) is 3.45. The van der Waals surface area contributed by atoms with Gasteiger partial charge < -0.3 is 20.1 Å². The Labute approximate surface area is 88.3 Å². The fraction of sp³-hybridized carbons (Fsp3) is 0.500. The van der Waals surface area contributed by atoms with Gasteiger partial charge in [0.2, 0.25) is 0 Å². The zero-order chi connectivity index (χ0) is 11.5. The van der Waals surface area contributed by atoms with Gasteiger partial charge in [-0.15, -0.1) is 0 Å². The van der Waals surface area contributed by atoms with Crippen LogP contribution in [0.3, 0.4) is 0 Å². The fourth-order valence-electron chi connectivity index (χ4n) is 1.11. The van der Waals surface area contributed by atoms with Gasteiger partial charge >= 0.3 is 0 Å². The molecule has 5 heteroatoms. The third-order valence-electron chi connectivity index (χ3n) is 2.15. The molecule has 0 fully saturated rings. The number of hydrogen-bond donors (Lipinski definition) is 3. The number of aromatic nitrogens is 1. The second kappa shape index (κ2) is 4.46. The van der Waals surface area contributed by atoms with Crippen molar-refractivity contribution in [3.8, 4) is 0 Å². The molecular formula is C10H16N2O3. The summed E-state index contributed by atoms with van der Waals surface area (Å²) in [6.45, 7) is 1.09. The van der Waals surface area contributed by atoms with E-state index >= 15 is 0 Å². The van der Waals surface area contributed by atoms with Crippen LogP contribution in [0.4, 0.5) is 0 Å². The largest absolute Gasteiger partial charge is 0.393 e. The molecule has 1 aromatic rings. The molecule has 3 N–H and O–H groups in total. The topological polar surface area (TPSA) is 74.5 Å². The quantitative estimate of drug-likeness (QED) is 0.629. The molecule has 0 saturated heterocycles. The third-order valence-corrected chi connectivity index (χ3v) is 2.15. The van der Waals surface area contributed by atoms with Crippen LogP contribution in [0.25, 0.3) is 0 Å². The summed E-state index contributed by atoms with van der Waals surface area (Å²) in [5, 5.41) is 20.8. The maximum absolute atomic E-state index is 11.6. The van der Waals surface area contributed by atoms with E-state index in [0.717, 1.165) is 0 Å². The van der Waals surface area contributed by atoms with Crippen molar-refractivity contribution in [3.63, 3.8) is 0 Å². The molecule has 15 heavy (non-hydrogen) atoms. The molecule has 1 atom stereocenters. The zero-order valence-corrected chi connectivity index (χ0v) is 8.90. The van der Waals surface area contributed by atoms with Gasteiger partial charge in [-0.3, -0.25) is 4.79 Å². The molecular weight excluding hydrogens is 196 g/mol. The van der Waals surface area contributed by atoms with Gasteiger partial charge in [0.1, 0.15) is 11.3 Å². The van der Waals surface area contributed by atoms with Crippen molar-refractivity contribution < 1.29 is 15.0 Å². The molecule has 0 aliphatic rings. The van der Waals surface area contributed by atoms with Crippen molar-refractivity contribution in [2.24, 2.45) is 7.05 Å². The van der Waals surface area contributed by atoms with Crippen molar-refractivity contribution in [2.75, 3.05) is 13.2 Å². The molecule has 0 radical (unpaired) electrons. The highest BCUT2D eigenvalue weighted by atomic mass is 16.3. The molecule has 84 valence electrons. The van der Waals surface area contributed by atoms with E-state index in [0.29, 0.717) is 5.69 Å². The molecule has 0 saturated carbocycles. The van der Waals surface area contributed by atoms with Crippen molar-refractivity contribution in [1.29, 1.82) is 0 Å². The summed E-state index contributed by atoms with van der Waals surface area (Å²) >= 11 is 0. The highest BCUT2D eigenvalue weighted by Gasteiger charge is 2.20. The van der Waals surface area contributed by atoms with Crippen molar-refractivity contribution in [1.82, 2.24) is 9.88 Å². The second-order valence-electron chi connectivity index (χ2n) is 3.84. The molecule has 0 aliphatic carbocycles. The van der Waals surface area contributed by atoms with Crippen LogP contribution in [0.2, 0.25) is 0 Å². The molecule has 0 bridgehead atoms. The molecule has 1 amide bonds. The SMILES string of the molecule is Cn1cccc1C(=O)NCC(C)(O)CO. The Morgan fingerprint density at radius 2 is 2.33 bits per heavy atom. The monoisotopic (exact) mass is 212 g/mol. The molecule has 1 rings (SSSR count). The highest BCUT2D eigenvalue weighted by Crippen LogP contribution is 2.02. The summed E-state index contributed by atoms with van der Waals surface area (Å²) in [7, 11) is 1.76. The summed E-state index contributed by atoms with van der Waals surface area (Å²) in [5.74, 6) is -0.267. The third kappa shape index (κ3) is 3.07. The van der Waals surface area contributed by atoms with Crippen molar-refractivity contribution in [2.45, 2.75) is 12.5 Å². The number of nitrogens with zero attached hydrogens (tertiary/aromatic N) is 1. The molecule has 0 aliphatic heterocycles. The minimum atomic E-state index is -1.28. The van der Waals surface area contributed by atoms with E-state index in [-0.39, 0.29) is 19.1 Å². The Morgan fingerprint density at radius 3 is 2.80 bits per heavy atom. The Morgan fingerprint density at radius 1 is 1.67 bits per heavy atom. The summed E-state index contributed by atoms with van der Waals surface area (Å²) in [5.41, 5.74) is -0.760. The lowest BCUT2D eigenvalue weighted by Gasteiger charge is -2.20. The molecule has 1 unspecified atom stereocenters. The van der Waals surface area contributed by atoms with Gasteiger partial charge in [0.25, 0.3) is 5.91 Å². The van der Waals surface area contributed by atoms with Gasteiger partial charge in [-0.1, -0.05) is 0 Å². The maximum Gasteiger partial charge on any atom is 0.267 e. The average Bonchev–Trinajstić information content (AvgIpc) is 2.61. The number of carbonyl (C=O) groups is 1. The first-order valence-corrected chi connectivity index (χ1v) is 4.69. The van der Waals surface area contributed by atoms with E-state index in [1.807, 2.05) is 0 Å². The minimum Gasteiger partial charge on any atom is -0.393 e. The lowest BCUT2D eigenvalue weighted by molar-refractivity contribution is 0.00313. The Bertz CT molecular complexity index is 344. The van der Waals surface area contributed by atoms with Crippen LogP contribution < -0.4 is 5.32 Å². The lowest BCUT2D eigenvalue weighted by Crippen LogP contribution is -2.43. The second-order valence-corrected chi connectivity index (χ2v) is 3.84. The number of rotatable bonds is 4. The predicted octanol–water partition coefficient (Wildman–Crippen LogP) is -0.502. The van der Waals surface area contributed by atoms with Gasteiger partial charge in [0.05, 0.1) is 6.61 Å². The minimum absolute atomic E-state index is 0.0213. The van der Waals surface area contributed by atoms with Crippen LogP contribution in [0.5, 0.6) is 0 Å². The Hall–Kier alpha value is -1.33. The van der Waals surface area contributed by atoms with E-state index in [2.05, 4.69) is 5.32 Å². The Kier molecular flexibility index (Phi) is 3.49. The summed E-state index contributed by atoms with van der Waals surface area (Å²) < 4.78 is 1.68. The van der Waals surface area contributed by atoms with Gasteiger partial charge in [-0.05, 0) is 19.1 Å². The van der Waals surface area contributed by atoms with E-state index in [4.69, 9.17) is 5.11 Å². The number of aliphatic hydroxyl groups excluding tert-OH is 1. The maximum atomic E-state index is 11.6.